The summed E-state index contributed by atoms with van der Waals surface area (Å²) in [5.74, 6) is -0.168. The van der Waals surface area contributed by atoms with Crippen molar-refractivity contribution >= 4 is 17.5 Å². The van der Waals surface area contributed by atoms with E-state index in [-0.39, 0.29) is 10.7 Å². The van der Waals surface area contributed by atoms with Crippen molar-refractivity contribution in [2.24, 2.45) is 4.99 Å². The first-order valence-corrected chi connectivity index (χ1v) is 8.91. The zero-order valence-electron chi connectivity index (χ0n) is 13.4. The van der Waals surface area contributed by atoms with Crippen LogP contribution in [0.1, 0.15) is 49.1 Å². The minimum Gasteiger partial charge on any atom is -0.267 e. The van der Waals surface area contributed by atoms with E-state index < -0.39 is 0 Å². The highest BCUT2D eigenvalue weighted by molar-refractivity contribution is 8.00. The number of hydrogen-bond donors (Lipinski definition) is 0. The second-order valence-corrected chi connectivity index (χ2v) is 8.27. The number of thioether (sulfide) groups is 1. The van der Waals surface area contributed by atoms with Gasteiger partial charge in [0.25, 0.3) is 0 Å². The molecule has 2 heterocycles. The van der Waals surface area contributed by atoms with E-state index in [0.717, 1.165) is 29.7 Å². The summed E-state index contributed by atoms with van der Waals surface area (Å²) in [4.78, 5) is 9.86. The zero-order valence-corrected chi connectivity index (χ0v) is 14.2. The van der Waals surface area contributed by atoms with Gasteiger partial charge in [-0.3, -0.25) is 9.98 Å². The van der Waals surface area contributed by atoms with Gasteiger partial charge in [-0.15, -0.1) is 0 Å². The lowest BCUT2D eigenvalue weighted by Gasteiger charge is -2.29. The molecule has 23 heavy (non-hydrogen) atoms. The molecule has 0 fully saturated rings. The van der Waals surface area contributed by atoms with Crippen molar-refractivity contribution in [3.05, 3.63) is 58.7 Å². The molecule has 0 radical (unpaired) electrons. The van der Waals surface area contributed by atoms with Crippen LogP contribution in [0.5, 0.6) is 0 Å². The number of hydrogen-bond acceptors (Lipinski definition) is 3. The maximum atomic E-state index is 14.3. The first-order valence-electron chi connectivity index (χ1n) is 8.09. The fourth-order valence-corrected chi connectivity index (χ4v) is 4.42. The van der Waals surface area contributed by atoms with Crippen molar-refractivity contribution in [2.75, 3.05) is 0 Å². The molecule has 1 aromatic carbocycles. The summed E-state index contributed by atoms with van der Waals surface area (Å²) in [6, 6.07) is 7.45. The number of nitrogens with zero attached hydrogens (tertiary/aromatic N) is 2. The summed E-state index contributed by atoms with van der Waals surface area (Å²) in [6.07, 6.45) is 6.49. The molecular formula is C19H19FN2S. The monoisotopic (exact) mass is 326 g/mol. The minimum atomic E-state index is -0.375. The first-order chi connectivity index (χ1) is 11.0. The van der Waals surface area contributed by atoms with Crippen LogP contribution < -0.4 is 0 Å². The van der Waals surface area contributed by atoms with E-state index in [4.69, 9.17) is 4.99 Å². The predicted molar refractivity (Wildman–Crippen MR) is 92.9 cm³/mol. The van der Waals surface area contributed by atoms with Gasteiger partial charge < -0.3 is 0 Å². The topological polar surface area (TPSA) is 25.2 Å². The smallest absolute Gasteiger partial charge is 0.137 e. The summed E-state index contributed by atoms with van der Waals surface area (Å²) in [7, 11) is 0. The Morgan fingerprint density at radius 3 is 2.87 bits per heavy atom. The molecule has 0 spiro atoms. The van der Waals surface area contributed by atoms with E-state index in [1.807, 2.05) is 26.1 Å². The number of aliphatic imine (C=N–C) groups is 1. The van der Waals surface area contributed by atoms with Gasteiger partial charge in [-0.05, 0) is 57.2 Å². The Labute approximate surface area is 140 Å². The molecule has 2 aromatic rings. The normalized spacial score (nSPS) is 18.8. The summed E-state index contributed by atoms with van der Waals surface area (Å²) >= 11 is 1.49. The highest BCUT2D eigenvalue weighted by atomic mass is 32.2. The Balaban J connectivity index is 1.87. The van der Waals surface area contributed by atoms with Gasteiger partial charge in [0.1, 0.15) is 10.7 Å². The molecule has 0 bridgehead atoms. The molecule has 118 valence electrons. The van der Waals surface area contributed by atoms with Crippen molar-refractivity contribution in [1.29, 1.82) is 0 Å². The third-order valence-electron chi connectivity index (χ3n) is 4.40. The number of fused-ring (bicyclic) bond motifs is 2. The lowest BCUT2D eigenvalue weighted by Crippen LogP contribution is -2.23. The van der Waals surface area contributed by atoms with Crippen molar-refractivity contribution in [3.63, 3.8) is 0 Å². The molecular weight excluding hydrogens is 307 g/mol. The molecule has 4 heteroatoms. The zero-order chi connectivity index (χ0) is 16.0. The summed E-state index contributed by atoms with van der Waals surface area (Å²) in [5, 5.41) is 0. The van der Waals surface area contributed by atoms with Gasteiger partial charge in [0.05, 0.1) is 10.6 Å². The van der Waals surface area contributed by atoms with Crippen LogP contribution in [0.4, 0.5) is 4.39 Å². The molecule has 0 unspecified atom stereocenters. The van der Waals surface area contributed by atoms with Gasteiger partial charge in [-0.25, -0.2) is 4.39 Å². The van der Waals surface area contributed by atoms with Gasteiger partial charge in [-0.2, -0.15) is 0 Å². The second kappa shape index (κ2) is 5.45. The second-order valence-electron chi connectivity index (χ2n) is 6.66. The van der Waals surface area contributed by atoms with Crippen molar-refractivity contribution < 1.29 is 4.39 Å². The molecule has 1 aliphatic carbocycles. The number of aromatic nitrogens is 1. The molecule has 0 saturated carbocycles. The van der Waals surface area contributed by atoms with Gasteiger partial charge in [-0.1, -0.05) is 23.9 Å². The van der Waals surface area contributed by atoms with E-state index in [1.165, 1.54) is 41.9 Å². The number of aryl methyl sites for hydroxylation is 2. The molecule has 1 aromatic heterocycles. The van der Waals surface area contributed by atoms with Gasteiger partial charge in [0.15, 0.2) is 0 Å². The van der Waals surface area contributed by atoms with Gasteiger partial charge in [0.2, 0.25) is 0 Å². The Morgan fingerprint density at radius 1 is 1.17 bits per heavy atom. The van der Waals surface area contributed by atoms with Gasteiger partial charge in [0, 0.05) is 23.0 Å². The molecule has 1 aliphatic heterocycles. The van der Waals surface area contributed by atoms with E-state index >= 15 is 0 Å². The highest BCUT2D eigenvalue weighted by Gasteiger charge is 2.30. The lowest BCUT2D eigenvalue weighted by molar-refractivity contribution is 0.597. The number of pyridine rings is 1. The average molecular weight is 326 g/mol. The van der Waals surface area contributed by atoms with Crippen LogP contribution in [0.25, 0.3) is 0 Å². The van der Waals surface area contributed by atoms with Crippen molar-refractivity contribution in [2.45, 2.75) is 49.3 Å². The molecule has 2 nitrogen and oxygen atoms in total. The standard InChI is InChI=1S/C19H19FN2S/c1-19(2)22-17(14-7-5-8-15(20)18(14)23-19)13-10-12-6-3-4-9-16(12)21-11-13/h5,7-8,10-11H,3-4,6,9H2,1-2H3. The Morgan fingerprint density at radius 2 is 2.00 bits per heavy atom. The Kier molecular flexibility index (Phi) is 3.52. The summed E-state index contributed by atoms with van der Waals surface area (Å²) in [6.45, 7) is 4.05. The quantitative estimate of drug-likeness (QED) is 0.753. The predicted octanol–water partition coefficient (Wildman–Crippen LogP) is 4.78. The third-order valence-corrected chi connectivity index (χ3v) is 5.61. The molecule has 2 aliphatic rings. The van der Waals surface area contributed by atoms with Crippen LogP contribution in [-0.2, 0) is 12.8 Å². The van der Waals surface area contributed by atoms with Crippen molar-refractivity contribution in [3.8, 4) is 0 Å². The molecule has 0 amide bonds. The van der Waals surface area contributed by atoms with Crippen LogP contribution in [0.3, 0.4) is 0 Å². The van der Waals surface area contributed by atoms with Crippen LogP contribution in [-0.4, -0.2) is 15.6 Å². The largest absolute Gasteiger partial charge is 0.267 e. The lowest BCUT2D eigenvalue weighted by atomic mass is 9.93. The van der Waals surface area contributed by atoms with Crippen LogP contribution in [0.2, 0.25) is 0 Å². The average Bonchev–Trinajstić information content (AvgIpc) is 2.54. The summed E-state index contributed by atoms with van der Waals surface area (Å²) in [5.41, 5.74) is 5.29. The molecule has 0 atom stereocenters. The van der Waals surface area contributed by atoms with Crippen LogP contribution in [0.15, 0.2) is 40.4 Å². The fourth-order valence-electron chi connectivity index (χ4n) is 3.34. The molecule has 0 N–H and O–H groups in total. The first kappa shape index (κ1) is 14.9. The highest BCUT2D eigenvalue weighted by Crippen LogP contribution is 2.42. The SMILES string of the molecule is CC1(C)N=C(c2cnc3c(c2)CCCC3)c2cccc(F)c2S1. The van der Waals surface area contributed by atoms with Gasteiger partial charge >= 0.3 is 0 Å². The van der Waals surface area contributed by atoms with Crippen molar-refractivity contribution in [1.82, 2.24) is 4.98 Å². The molecule has 4 rings (SSSR count). The Hall–Kier alpha value is -1.68. The maximum absolute atomic E-state index is 14.3. The number of benzene rings is 1. The van der Waals surface area contributed by atoms with E-state index in [9.17, 15) is 4.39 Å². The Bertz CT molecular complexity index is 811. The fraction of sp³-hybridized carbons (Fsp3) is 0.368. The third kappa shape index (κ3) is 2.69. The minimum absolute atomic E-state index is 0.168. The van der Waals surface area contributed by atoms with Crippen LogP contribution >= 0.6 is 11.8 Å². The van der Waals surface area contributed by atoms with E-state index in [2.05, 4.69) is 11.1 Å². The number of halogens is 1. The summed E-state index contributed by atoms with van der Waals surface area (Å²) < 4.78 is 14.3. The van der Waals surface area contributed by atoms with E-state index in [1.54, 1.807) is 6.07 Å². The maximum Gasteiger partial charge on any atom is 0.137 e. The number of rotatable bonds is 1. The van der Waals surface area contributed by atoms with Crippen LogP contribution in [0, 0.1) is 5.82 Å². The van der Waals surface area contributed by atoms with E-state index in [0.29, 0.717) is 4.90 Å². The molecule has 0 saturated heterocycles.